The Hall–Kier alpha value is -0.0400. The van der Waals surface area contributed by atoms with E-state index < -0.39 is 0 Å². The molecule has 0 radical (unpaired) electrons. The van der Waals surface area contributed by atoms with Gasteiger partial charge in [0.05, 0.1) is 0 Å². The lowest BCUT2D eigenvalue weighted by Gasteiger charge is -2.44. The Morgan fingerprint density at radius 3 is 2.00 bits per heavy atom. The largest absolute Gasteiger partial charge is 0.313 e. The molecule has 1 N–H and O–H groups in total. The molecule has 0 aromatic carbocycles. The zero-order valence-corrected chi connectivity index (χ0v) is 12.2. The van der Waals surface area contributed by atoms with Crippen LogP contribution in [-0.4, -0.2) is 12.6 Å². The van der Waals surface area contributed by atoms with Crippen molar-refractivity contribution >= 4 is 0 Å². The van der Waals surface area contributed by atoms with E-state index in [-0.39, 0.29) is 0 Å². The highest BCUT2D eigenvalue weighted by molar-refractivity contribution is 4.91. The molecule has 0 heterocycles. The number of hydrogen-bond donors (Lipinski definition) is 1. The molecule has 3 aliphatic carbocycles. The fourth-order valence-corrected chi connectivity index (χ4v) is 4.36. The summed E-state index contributed by atoms with van der Waals surface area (Å²) < 4.78 is 0. The molecule has 0 aliphatic heterocycles. The van der Waals surface area contributed by atoms with Crippen LogP contribution in [0.15, 0.2) is 0 Å². The summed E-state index contributed by atoms with van der Waals surface area (Å²) in [6.07, 6.45) is 15.0. The highest BCUT2D eigenvalue weighted by Crippen LogP contribution is 2.40. The van der Waals surface area contributed by atoms with Crippen molar-refractivity contribution in [3.63, 3.8) is 0 Å². The Morgan fingerprint density at radius 2 is 1.50 bits per heavy atom. The molecule has 2 atom stereocenters. The maximum atomic E-state index is 4.01. The first-order chi connectivity index (χ1) is 8.83. The number of hydrogen-bond acceptors (Lipinski definition) is 1. The molecule has 104 valence electrons. The maximum absolute atomic E-state index is 4.01. The van der Waals surface area contributed by atoms with Gasteiger partial charge >= 0.3 is 0 Å². The predicted octanol–water partition coefficient (Wildman–Crippen LogP) is 4.37. The molecule has 0 aromatic heterocycles. The molecular weight excluding hydrogens is 218 g/mol. The van der Waals surface area contributed by atoms with Gasteiger partial charge in [0.25, 0.3) is 0 Å². The lowest BCUT2D eigenvalue weighted by Crippen LogP contribution is -2.48. The first kappa shape index (κ1) is 13.0. The minimum atomic E-state index is 0.893. The van der Waals surface area contributed by atoms with Crippen LogP contribution in [0.5, 0.6) is 0 Å². The predicted molar refractivity (Wildman–Crippen MR) is 77.6 cm³/mol. The molecule has 0 bridgehead atoms. The standard InChI is InChI=1S/C17H31N/c1-13-5-2-6-14(11-13)12-18-17(15-7-3-8-15)16-9-4-10-16/h13-18H,2-12H2,1H3. The lowest BCUT2D eigenvalue weighted by atomic mass is 9.68. The van der Waals surface area contributed by atoms with E-state index in [0.717, 1.165) is 29.7 Å². The van der Waals surface area contributed by atoms with E-state index in [9.17, 15) is 0 Å². The summed E-state index contributed by atoms with van der Waals surface area (Å²) in [4.78, 5) is 0. The fraction of sp³-hybridized carbons (Fsp3) is 1.00. The molecule has 18 heavy (non-hydrogen) atoms. The van der Waals surface area contributed by atoms with Crippen molar-refractivity contribution in [2.24, 2.45) is 23.7 Å². The first-order valence-electron chi connectivity index (χ1n) is 8.56. The Morgan fingerprint density at radius 1 is 0.889 bits per heavy atom. The average Bonchev–Trinajstić information content (AvgIpc) is 2.21. The second-order valence-corrected chi connectivity index (χ2v) is 7.45. The summed E-state index contributed by atoms with van der Waals surface area (Å²) >= 11 is 0. The van der Waals surface area contributed by atoms with Gasteiger partial charge < -0.3 is 5.32 Å². The van der Waals surface area contributed by atoms with E-state index in [1.165, 1.54) is 70.8 Å². The maximum Gasteiger partial charge on any atom is 0.0124 e. The quantitative estimate of drug-likeness (QED) is 0.763. The van der Waals surface area contributed by atoms with E-state index >= 15 is 0 Å². The molecule has 0 aromatic rings. The van der Waals surface area contributed by atoms with Crippen molar-refractivity contribution in [2.75, 3.05) is 6.54 Å². The summed E-state index contributed by atoms with van der Waals surface area (Å²) in [7, 11) is 0. The highest BCUT2D eigenvalue weighted by atomic mass is 14.9. The Bertz CT molecular complexity index is 240. The zero-order valence-electron chi connectivity index (χ0n) is 12.2. The molecule has 0 amide bonds. The van der Waals surface area contributed by atoms with E-state index in [1.54, 1.807) is 0 Å². The Labute approximate surface area is 113 Å². The van der Waals surface area contributed by atoms with E-state index in [0.29, 0.717) is 0 Å². The summed E-state index contributed by atoms with van der Waals surface area (Å²) in [5.74, 6) is 4.04. The van der Waals surface area contributed by atoms with Crippen molar-refractivity contribution in [3.05, 3.63) is 0 Å². The van der Waals surface area contributed by atoms with Crippen LogP contribution in [0.3, 0.4) is 0 Å². The third-order valence-corrected chi connectivity index (χ3v) is 6.00. The van der Waals surface area contributed by atoms with Crippen molar-refractivity contribution in [1.29, 1.82) is 0 Å². The molecule has 3 rings (SSSR count). The van der Waals surface area contributed by atoms with Crippen molar-refractivity contribution in [1.82, 2.24) is 5.32 Å². The van der Waals surface area contributed by atoms with Crippen LogP contribution < -0.4 is 5.32 Å². The van der Waals surface area contributed by atoms with Crippen LogP contribution in [0.2, 0.25) is 0 Å². The number of nitrogens with one attached hydrogen (secondary N) is 1. The number of rotatable bonds is 5. The minimum absolute atomic E-state index is 0.893. The molecule has 3 fully saturated rings. The van der Waals surface area contributed by atoms with Crippen LogP contribution >= 0.6 is 0 Å². The van der Waals surface area contributed by atoms with Crippen LogP contribution in [0.1, 0.15) is 71.1 Å². The van der Waals surface area contributed by atoms with Crippen LogP contribution in [-0.2, 0) is 0 Å². The van der Waals surface area contributed by atoms with Crippen LogP contribution in [0.25, 0.3) is 0 Å². The van der Waals surface area contributed by atoms with E-state index in [2.05, 4.69) is 12.2 Å². The van der Waals surface area contributed by atoms with Crippen molar-refractivity contribution in [3.8, 4) is 0 Å². The van der Waals surface area contributed by atoms with Gasteiger partial charge in [-0.15, -0.1) is 0 Å². The molecule has 1 heteroatoms. The molecule has 3 saturated carbocycles. The third-order valence-electron chi connectivity index (χ3n) is 6.00. The fourth-order valence-electron chi connectivity index (χ4n) is 4.36. The molecule has 0 saturated heterocycles. The van der Waals surface area contributed by atoms with Crippen LogP contribution in [0, 0.1) is 23.7 Å². The Kier molecular flexibility index (Phi) is 4.28. The van der Waals surface area contributed by atoms with Gasteiger partial charge in [0, 0.05) is 6.04 Å². The van der Waals surface area contributed by atoms with Crippen LogP contribution in [0.4, 0.5) is 0 Å². The normalized spacial score (nSPS) is 34.3. The Balaban J connectivity index is 1.46. The smallest absolute Gasteiger partial charge is 0.0124 e. The van der Waals surface area contributed by atoms with Crippen molar-refractivity contribution in [2.45, 2.75) is 77.2 Å². The minimum Gasteiger partial charge on any atom is -0.313 e. The van der Waals surface area contributed by atoms with Gasteiger partial charge in [0.1, 0.15) is 0 Å². The molecule has 2 unspecified atom stereocenters. The first-order valence-corrected chi connectivity index (χ1v) is 8.56. The second kappa shape index (κ2) is 5.94. The van der Waals surface area contributed by atoms with Gasteiger partial charge in [-0.05, 0) is 68.7 Å². The van der Waals surface area contributed by atoms with Crippen molar-refractivity contribution < 1.29 is 0 Å². The summed E-state index contributed by atoms with van der Waals surface area (Å²) in [5.41, 5.74) is 0. The highest BCUT2D eigenvalue weighted by Gasteiger charge is 2.36. The van der Waals surface area contributed by atoms with Gasteiger partial charge in [-0.1, -0.05) is 32.6 Å². The lowest BCUT2D eigenvalue weighted by molar-refractivity contribution is 0.115. The SMILES string of the molecule is CC1CCCC(CNC(C2CCC2)C2CCC2)C1. The average molecular weight is 249 g/mol. The molecular formula is C17H31N. The third kappa shape index (κ3) is 2.92. The summed E-state index contributed by atoms with van der Waals surface area (Å²) in [5, 5.41) is 4.01. The monoisotopic (exact) mass is 249 g/mol. The zero-order chi connectivity index (χ0) is 12.4. The topological polar surface area (TPSA) is 12.0 Å². The molecule has 3 aliphatic rings. The van der Waals surface area contributed by atoms with Gasteiger partial charge in [0.15, 0.2) is 0 Å². The second-order valence-electron chi connectivity index (χ2n) is 7.45. The molecule has 1 nitrogen and oxygen atoms in total. The van der Waals surface area contributed by atoms with Gasteiger partial charge in [-0.2, -0.15) is 0 Å². The summed E-state index contributed by atoms with van der Waals surface area (Å²) in [6, 6.07) is 0.893. The van der Waals surface area contributed by atoms with Gasteiger partial charge in [-0.25, -0.2) is 0 Å². The van der Waals surface area contributed by atoms with E-state index in [4.69, 9.17) is 0 Å². The van der Waals surface area contributed by atoms with E-state index in [1.807, 2.05) is 0 Å². The summed E-state index contributed by atoms with van der Waals surface area (Å²) in [6.45, 7) is 3.77. The molecule has 0 spiro atoms. The van der Waals surface area contributed by atoms with Gasteiger partial charge in [0.2, 0.25) is 0 Å². The van der Waals surface area contributed by atoms with Gasteiger partial charge in [-0.3, -0.25) is 0 Å².